The Morgan fingerprint density at radius 1 is 1.25 bits per heavy atom. The van der Waals surface area contributed by atoms with Gasteiger partial charge in [-0.3, -0.25) is 4.72 Å². The van der Waals surface area contributed by atoms with Crippen LogP contribution in [-0.4, -0.2) is 38.7 Å². The molecule has 1 aromatic carbocycles. The van der Waals surface area contributed by atoms with Gasteiger partial charge in [0.25, 0.3) is 0 Å². The lowest BCUT2D eigenvalue weighted by Crippen LogP contribution is -2.36. The molecule has 20 heavy (non-hydrogen) atoms. The van der Waals surface area contributed by atoms with E-state index >= 15 is 0 Å². The quantitative estimate of drug-likeness (QED) is 0.810. The minimum absolute atomic E-state index is 0.0875. The summed E-state index contributed by atoms with van der Waals surface area (Å²) >= 11 is 0. The summed E-state index contributed by atoms with van der Waals surface area (Å²) in [6.07, 6.45) is 0.175. The minimum Gasteiger partial charge on any atom is -0.505 e. The van der Waals surface area contributed by atoms with Crippen molar-refractivity contribution in [2.45, 2.75) is 25.0 Å². The highest BCUT2D eigenvalue weighted by molar-refractivity contribution is 7.94. The van der Waals surface area contributed by atoms with Crippen molar-refractivity contribution in [1.29, 1.82) is 0 Å². The maximum absolute atomic E-state index is 12.2. The van der Waals surface area contributed by atoms with Crippen molar-refractivity contribution in [3.63, 3.8) is 0 Å². The van der Waals surface area contributed by atoms with Gasteiger partial charge in [0.05, 0.1) is 22.4 Å². The van der Waals surface area contributed by atoms with Crippen molar-refractivity contribution < 1.29 is 21.9 Å². The van der Waals surface area contributed by atoms with E-state index in [2.05, 4.69) is 4.72 Å². The lowest BCUT2D eigenvalue weighted by molar-refractivity contribution is 0.473. The summed E-state index contributed by atoms with van der Waals surface area (Å²) in [6.45, 7) is 1.67. The number of nitrogens with one attached hydrogen (secondary N) is 1. The van der Waals surface area contributed by atoms with E-state index in [9.17, 15) is 21.9 Å². The number of sulfonamides is 1. The number of phenols is 1. The minimum atomic E-state index is -3.70. The SMILES string of the molecule is Cc1cccc(NS(=O)(=O)C2CCS(=O)(=O)CC2)c1O. The molecule has 0 radical (unpaired) electrons. The highest BCUT2D eigenvalue weighted by atomic mass is 32.2. The van der Waals surface area contributed by atoms with Gasteiger partial charge in [0.15, 0.2) is 0 Å². The molecule has 1 heterocycles. The number of phenolic OH excluding ortho intramolecular Hbond substituents is 1. The number of rotatable bonds is 3. The third-order valence-electron chi connectivity index (χ3n) is 3.43. The maximum Gasteiger partial charge on any atom is 0.235 e. The van der Waals surface area contributed by atoms with Gasteiger partial charge in [0, 0.05) is 0 Å². The summed E-state index contributed by atoms with van der Waals surface area (Å²) in [6, 6.07) is 4.78. The normalized spacial score (nSPS) is 19.6. The molecular weight excluding hydrogens is 302 g/mol. The Bertz CT molecular complexity index is 695. The number of para-hydroxylation sites is 1. The summed E-state index contributed by atoms with van der Waals surface area (Å²) in [7, 11) is -6.81. The fraction of sp³-hybridized carbons (Fsp3) is 0.500. The van der Waals surface area contributed by atoms with Crippen LogP contribution in [0, 0.1) is 6.92 Å². The topological polar surface area (TPSA) is 101 Å². The van der Waals surface area contributed by atoms with E-state index in [0.29, 0.717) is 5.56 Å². The molecule has 1 saturated heterocycles. The fourth-order valence-electron chi connectivity index (χ4n) is 2.16. The Hall–Kier alpha value is -1.28. The van der Waals surface area contributed by atoms with Gasteiger partial charge in [0.1, 0.15) is 15.6 Å². The zero-order valence-electron chi connectivity index (χ0n) is 11.0. The summed E-state index contributed by atoms with van der Waals surface area (Å²) < 4.78 is 49.4. The molecule has 0 bridgehead atoms. The third-order valence-corrected chi connectivity index (χ3v) is 7.00. The molecule has 0 saturated carbocycles. The molecule has 2 N–H and O–H groups in total. The fourth-order valence-corrected chi connectivity index (χ4v) is 5.44. The van der Waals surface area contributed by atoms with Gasteiger partial charge in [0.2, 0.25) is 10.0 Å². The second kappa shape index (κ2) is 5.25. The first-order chi connectivity index (χ1) is 9.21. The summed E-state index contributed by atoms with van der Waals surface area (Å²) in [5.41, 5.74) is 0.690. The van der Waals surface area contributed by atoms with E-state index in [1.807, 2.05) is 0 Å². The van der Waals surface area contributed by atoms with Crippen LogP contribution in [0.25, 0.3) is 0 Å². The first-order valence-corrected chi connectivity index (χ1v) is 9.59. The van der Waals surface area contributed by atoms with Crippen LogP contribution in [0.3, 0.4) is 0 Å². The van der Waals surface area contributed by atoms with E-state index in [1.54, 1.807) is 19.1 Å². The van der Waals surface area contributed by atoms with Crippen molar-refractivity contribution in [2.75, 3.05) is 16.2 Å². The van der Waals surface area contributed by atoms with E-state index < -0.39 is 25.1 Å². The maximum atomic E-state index is 12.2. The Balaban J connectivity index is 2.18. The first kappa shape index (κ1) is 15.1. The zero-order valence-corrected chi connectivity index (χ0v) is 12.7. The Morgan fingerprint density at radius 3 is 2.45 bits per heavy atom. The molecule has 0 atom stereocenters. The van der Waals surface area contributed by atoms with Crippen LogP contribution < -0.4 is 4.72 Å². The van der Waals surface area contributed by atoms with Gasteiger partial charge in [-0.2, -0.15) is 0 Å². The van der Waals surface area contributed by atoms with Crippen molar-refractivity contribution in [1.82, 2.24) is 0 Å². The molecule has 0 spiro atoms. The predicted molar refractivity (Wildman–Crippen MR) is 77.1 cm³/mol. The van der Waals surface area contributed by atoms with Gasteiger partial charge < -0.3 is 5.11 Å². The number of sulfone groups is 1. The molecule has 6 nitrogen and oxygen atoms in total. The molecule has 1 aliphatic heterocycles. The first-order valence-electron chi connectivity index (χ1n) is 6.22. The van der Waals surface area contributed by atoms with Crippen LogP contribution in [0.15, 0.2) is 18.2 Å². The number of hydrogen-bond acceptors (Lipinski definition) is 5. The van der Waals surface area contributed by atoms with Crippen LogP contribution in [0.5, 0.6) is 5.75 Å². The molecule has 1 aliphatic rings. The molecule has 2 rings (SSSR count). The van der Waals surface area contributed by atoms with E-state index in [-0.39, 0.29) is 35.8 Å². The summed E-state index contributed by atoms with van der Waals surface area (Å²) in [4.78, 5) is 0. The van der Waals surface area contributed by atoms with Crippen molar-refractivity contribution in [3.05, 3.63) is 23.8 Å². The highest BCUT2D eigenvalue weighted by Crippen LogP contribution is 2.29. The van der Waals surface area contributed by atoms with Crippen LogP contribution in [0.2, 0.25) is 0 Å². The van der Waals surface area contributed by atoms with Crippen LogP contribution in [0.4, 0.5) is 5.69 Å². The van der Waals surface area contributed by atoms with Gasteiger partial charge >= 0.3 is 0 Å². The highest BCUT2D eigenvalue weighted by Gasteiger charge is 2.33. The van der Waals surface area contributed by atoms with Crippen LogP contribution in [0.1, 0.15) is 18.4 Å². The average molecular weight is 319 g/mol. The van der Waals surface area contributed by atoms with Gasteiger partial charge in [-0.25, -0.2) is 16.8 Å². The lowest BCUT2D eigenvalue weighted by atomic mass is 10.2. The molecule has 0 aromatic heterocycles. The molecule has 0 unspecified atom stereocenters. The third kappa shape index (κ3) is 3.24. The zero-order chi connectivity index (χ0) is 15.0. The summed E-state index contributed by atoms with van der Waals surface area (Å²) in [5.74, 6) is -0.337. The molecule has 112 valence electrons. The molecule has 1 fully saturated rings. The lowest BCUT2D eigenvalue weighted by Gasteiger charge is -2.23. The monoisotopic (exact) mass is 319 g/mol. The Labute approximate surface area is 118 Å². The number of hydrogen-bond donors (Lipinski definition) is 2. The smallest absolute Gasteiger partial charge is 0.235 e. The number of anilines is 1. The Kier molecular flexibility index (Phi) is 3.97. The van der Waals surface area contributed by atoms with E-state index in [1.165, 1.54) is 6.07 Å². The molecule has 0 aliphatic carbocycles. The van der Waals surface area contributed by atoms with Crippen molar-refractivity contribution in [2.24, 2.45) is 0 Å². The molecule has 0 amide bonds. The molecular formula is C12H17NO5S2. The Morgan fingerprint density at radius 2 is 1.85 bits per heavy atom. The second-order valence-electron chi connectivity index (χ2n) is 4.97. The number of benzene rings is 1. The number of aryl methyl sites for hydroxylation is 1. The van der Waals surface area contributed by atoms with Crippen molar-refractivity contribution in [3.8, 4) is 5.75 Å². The van der Waals surface area contributed by atoms with Crippen LogP contribution in [-0.2, 0) is 19.9 Å². The number of aromatic hydroxyl groups is 1. The standard InChI is InChI=1S/C12H17NO5S2/c1-9-3-2-4-11(12(9)14)13-20(17,18)10-5-7-19(15,16)8-6-10/h2-4,10,13-14H,5-8H2,1H3. The van der Waals surface area contributed by atoms with Crippen LogP contribution >= 0.6 is 0 Å². The van der Waals surface area contributed by atoms with E-state index in [0.717, 1.165) is 0 Å². The molecule has 8 heteroatoms. The van der Waals surface area contributed by atoms with Gasteiger partial charge in [-0.1, -0.05) is 12.1 Å². The van der Waals surface area contributed by atoms with Crippen molar-refractivity contribution >= 4 is 25.5 Å². The van der Waals surface area contributed by atoms with Gasteiger partial charge in [-0.15, -0.1) is 0 Å². The second-order valence-corrected chi connectivity index (χ2v) is 9.23. The average Bonchev–Trinajstić information content (AvgIpc) is 2.34. The van der Waals surface area contributed by atoms with E-state index in [4.69, 9.17) is 0 Å². The predicted octanol–water partition coefficient (Wildman–Crippen LogP) is 1.02. The summed E-state index contributed by atoms with van der Waals surface area (Å²) in [5, 5.41) is 9.08. The largest absolute Gasteiger partial charge is 0.505 e. The van der Waals surface area contributed by atoms with Gasteiger partial charge in [-0.05, 0) is 31.4 Å². The molecule has 1 aromatic rings.